The van der Waals surface area contributed by atoms with Crippen molar-refractivity contribution >= 4 is 34.4 Å². The normalized spacial score (nSPS) is 19.6. The van der Waals surface area contributed by atoms with Crippen LogP contribution in [0.2, 0.25) is 0 Å². The standard InChI is InChI=1S/C24H25F3N6O2/c1-24(2,3)35-23(34)33-11-13-9-14(33)10-32(13)18-8-7-17-20(31-18)22(29-12-28-17)30-16-6-4-5-15(19(16)25)21(26)27/h4-8,12-14,21H,9-11H2,1-3H3,(H,28,29,30)/t13-,14-/m0/s1. The number of amides is 1. The van der Waals surface area contributed by atoms with E-state index < -0.39 is 23.4 Å². The number of carbonyl (C=O) groups excluding carboxylic acids is 1. The molecule has 2 aliphatic rings. The number of carbonyl (C=O) groups is 1. The Morgan fingerprint density at radius 2 is 1.94 bits per heavy atom. The fraction of sp³-hybridized carbons (Fsp3) is 0.417. The number of rotatable bonds is 4. The zero-order valence-corrected chi connectivity index (χ0v) is 19.5. The van der Waals surface area contributed by atoms with E-state index >= 15 is 0 Å². The molecule has 5 rings (SSSR count). The van der Waals surface area contributed by atoms with Gasteiger partial charge in [0, 0.05) is 13.1 Å². The van der Waals surface area contributed by atoms with Crippen molar-refractivity contribution in [1.82, 2.24) is 19.9 Å². The Hall–Kier alpha value is -3.63. The van der Waals surface area contributed by atoms with Crippen LogP contribution in [0.1, 0.15) is 39.2 Å². The number of likely N-dealkylation sites (tertiary alicyclic amines) is 1. The molecule has 2 atom stereocenters. The Morgan fingerprint density at radius 1 is 1.14 bits per heavy atom. The lowest BCUT2D eigenvalue weighted by Crippen LogP contribution is -2.50. The highest BCUT2D eigenvalue weighted by molar-refractivity contribution is 5.88. The lowest BCUT2D eigenvalue weighted by Gasteiger charge is -2.35. The monoisotopic (exact) mass is 486 g/mol. The molecule has 0 aliphatic carbocycles. The molecule has 8 nitrogen and oxygen atoms in total. The molecule has 2 fully saturated rings. The summed E-state index contributed by atoms with van der Waals surface area (Å²) in [5, 5.41) is 2.80. The van der Waals surface area contributed by atoms with Gasteiger partial charge in [0.25, 0.3) is 6.43 Å². The summed E-state index contributed by atoms with van der Waals surface area (Å²) in [6, 6.07) is 7.49. The van der Waals surface area contributed by atoms with E-state index in [9.17, 15) is 18.0 Å². The van der Waals surface area contributed by atoms with E-state index in [0.717, 1.165) is 12.5 Å². The number of nitrogens with one attached hydrogen (secondary N) is 1. The number of halogens is 3. The number of fused-ring (bicyclic) bond motifs is 3. The van der Waals surface area contributed by atoms with Gasteiger partial charge in [-0.1, -0.05) is 12.1 Å². The first-order valence-corrected chi connectivity index (χ1v) is 11.3. The Morgan fingerprint density at radius 3 is 2.63 bits per heavy atom. The topological polar surface area (TPSA) is 83.5 Å². The van der Waals surface area contributed by atoms with Crippen LogP contribution >= 0.6 is 0 Å². The molecule has 35 heavy (non-hydrogen) atoms. The fourth-order valence-corrected chi connectivity index (χ4v) is 4.62. The molecule has 3 aromatic rings. The summed E-state index contributed by atoms with van der Waals surface area (Å²) >= 11 is 0. The van der Waals surface area contributed by atoms with E-state index in [1.54, 1.807) is 11.0 Å². The molecule has 0 radical (unpaired) electrons. The van der Waals surface area contributed by atoms with Crippen LogP contribution in [0.3, 0.4) is 0 Å². The number of anilines is 3. The third kappa shape index (κ3) is 4.42. The first-order valence-electron chi connectivity index (χ1n) is 11.3. The van der Waals surface area contributed by atoms with Gasteiger partial charge >= 0.3 is 6.09 Å². The fourth-order valence-electron chi connectivity index (χ4n) is 4.62. The minimum Gasteiger partial charge on any atom is -0.444 e. The van der Waals surface area contributed by atoms with E-state index in [-0.39, 0.29) is 29.7 Å². The molecule has 1 N–H and O–H groups in total. The lowest BCUT2D eigenvalue weighted by molar-refractivity contribution is 0.0214. The molecule has 0 saturated carbocycles. The molecule has 1 amide bonds. The summed E-state index contributed by atoms with van der Waals surface area (Å²) in [5.41, 5.74) is -0.459. The largest absolute Gasteiger partial charge is 0.444 e. The summed E-state index contributed by atoms with van der Waals surface area (Å²) in [6.07, 6.45) is -1.14. The Kier molecular flexibility index (Phi) is 5.65. The van der Waals surface area contributed by atoms with Crippen LogP contribution in [-0.2, 0) is 4.74 Å². The maximum atomic E-state index is 14.6. The van der Waals surface area contributed by atoms with Crippen LogP contribution in [0.5, 0.6) is 0 Å². The maximum absolute atomic E-state index is 14.6. The van der Waals surface area contributed by atoms with E-state index in [1.165, 1.54) is 18.5 Å². The zero-order chi connectivity index (χ0) is 24.9. The highest BCUT2D eigenvalue weighted by Gasteiger charge is 2.47. The third-order valence-electron chi connectivity index (χ3n) is 6.15. The number of nitrogens with zero attached hydrogens (tertiary/aromatic N) is 5. The van der Waals surface area contributed by atoms with E-state index in [0.29, 0.717) is 29.9 Å². The number of aromatic nitrogens is 3. The molecular weight excluding hydrogens is 461 g/mol. The van der Waals surface area contributed by atoms with Crippen molar-refractivity contribution in [1.29, 1.82) is 0 Å². The van der Waals surface area contributed by atoms with Crippen LogP contribution in [-0.4, -0.2) is 56.7 Å². The molecule has 0 unspecified atom stereocenters. The summed E-state index contributed by atoms with van der Waals surface area (Å²) < 4.78 is 46.3. The Bertz CT molecular complexity index is 1280. The second kappa shape index (κ2) is 8.54. The van der Waals surface area contributed by atoms with Crippen molar-refractivity contribution in [2.24, 2.45) is 0 Å². The molecule has 1 aromatic carbocycles. The summed E-state index contributed by atoms with van der Waals surface area (Å²) in [5.74, 6) is -0.153. The molecule has 2 aromatic heterocycles. The second-order valence-corrected chi connectivity index (χ2v) is 9.72. The van der Waals surface area contributed by atoms with Gasteiger partial charge in [0.1, 0.15) is 23.3 Å². The highest BCUT2D eigenvalue weighted by atomic mass is 19.3. The van der Waals surface area contributed by atoms with E-state index in [2.05, 4.69) is 20.2 Å². The molecule has 2 saturated heterocycles. The van der Waals surface area contributed by atoms with Crippen LogP contribution in [0.25, 0.3) is 11.0 Å². The van der Waals surface area contributed by atoms with Crippen molar-refractivity contribution in [3.63, 3.8) is 0 Å². The minimum atomic E-state index is -2.94. The van der Waals surface area contributed by atoms with Gasteiger partial charge in [0.2, 0.25) is 0 Å². The predicted molar refractivity (Wildman–Crippen MR) is 124 cm³/mol. The van der Waals surface area contributed by atoms with Crippen LogP contribution in [0.15, 0.2) is 36.7 Å². The number of hydrogen-bond acceptors (Lipinski definition) is 7. The number of benzene rings is 1. The zero-order valence-electron chi connectivity index (χ0n) is 19.5. The minimum absolute atomic E-state index is 0.0168. The first-order chi connectivity index (χ1) is 16.6. The van der Waals surface area contributed by atoms with Gasteiger partial charge in [-0.05, 0) is 45.4 Å². The molecule has 2 bridgehead atoms. The number of ether oxygens (including phenoxy) is 1. The van der Waals surface area contributed by atoms with Gasteiger partial charge in [0.15, 0.2) is 11.6 Å². The molecule has 184 valence electrons. The van der Waals surface area contributed by atoms with Gasteiger partial charge in [-0.3, -0.25) is 0 Å². The maximum Gasteiger partial charge on any atom is 0.410 e. The van der Waals surface area contributed by atoms with Crippen molar-refractivity contribution in [3.05, 3.63) is 48.0 Å². The summed E-state index contributed by atoms with van der Waals surface area (Å²) in [7, 11) is 0. The van der Waals surface area contributed by atoms with E-state index in [4.69, 9.17) is 9.72 Å². The van der Waals surface area contributed by atoms with Crippen molar-refractivity contribution < 1.29 is 22.7 Å². The Balaban J connectivity index is 1.39. The molecule has 11 heteroatoms. The van der Waals surface area contributed by atoms with Gasteiger partial charge in [-0.15, -0.1) is 0 Å². The Labute approximate surface area is 200 Å². The third-order valence-corrected chi connectivity index (χ3v) is 6.15. The van der Waals surface area contributed by atoms with E-state index in [1.807, 2.05) is 26.8 Å². The average Bonchev–Trinajstić information content (AvgIpc) is 3.40. The van der Waals surface area contributed by atoms with Gasteiger partial charge in [-0.2, -0.15) is 0 Å². The first kappa shape index (κ1) is 23.1. The molecule has 4 heterocycles. The molecular formula is C24H25F3N6O2. The van der Waals surface area contributed by atoms with Crippen molar-refractivity contribution in [2.45, 2.75) is 51.3 Å². The predicted octanol–water partition coefficient (Wildman–Crippen LogP) is 5.04. The number of alkyl halides is 2. The molecule has 2 aliphatic heterocycles. The highest BCUT2D eigenvalue weighted by Crippen LogP contribution is 2.36. The van der Waals surface area contributed by atoms with Gasteiger partial charge < -0.3 is 19.9 Å². The average molecular weight is 486 g/mol. The number of hydrogen-bond donors (Lipinski definition) is 1. The summed E-state index contributed by atoms with van der Waals surface area (Å²) in [6.45, 7) is 6.65. The van der Waals surface area contributed by atoms with Gasteiger partial charge in [-0.25, -0.2) is 32.9 Å². The quantitative estimate of drug-likeness (QED) is 0.553. The van der Waals surface area contributed by atoms with Crippen molar-refractivity contribution in [2.75, 3.05) is 23.3 Å². The summed E-state index contributed by atoms with van der Waals surface area (Å²) in [4.78, 5) is 29.6. The van der Waals surface area contributed by atoms with Gasteiger partial charge in [0.05, 0.1) is 28.9 Å². The lowest BCUT2D eigenvalue weighted by atomic mass is 10.2. The van der Waals surface area contributed by atoms with Crippen LogP contribution < -0.4 is 10.2 Å². The number of pyridine rings is 1. The SMILES string of the molecule is CC(C)(C)OC(=O)N1C[C@@H]2C[C@H]1CN2c1ccc2ncnc(Nc3cccc(C(F)F)c3F)c2n1. The molecule has 0 spiro atoms. The number of piperazine rings is 1. The van der Waals surface area contributed by atoms with Crippen molar-refractivity contribution in [3.8, 4) is 0 Å². The van der Waals surface area contributed by atoms with Crippen LogP contribution in [0, 0.1) is 5.82 Å². The second-order valence-electron chi connectivity index (χ2n) is 9.72. The van der Waals surface area contributed by atoms with Crippen LogP contribution in [0.4, 0.5) is 35.3 Å². The smallest absolute Gasteiger partial charge is 0.410 e.